The van der Waals surface area contributed by atoms with Crippen LogP contribution >= 0.6 is 0 Å². The highest BCUT2D eigenvalue weighted by Crippen LogP contribution is 2.11. The number of nitrogens with zero attached hydrogens (tertiary/aromatic N) is 1. The third-order valence-corrected chi connectivity index (χ3v) is 2.45. The Kier molecular flexibility index (Phi) is 4.70. The fourth-order valence-electron chi connectivity index (χ4n) is 1.75. The standard InChI is InChI=1S/C10H21NO2/c1-4-12-7-10-8-13-6-5-11(10)9(2)3/h9-10H,4-8H2,1-3H3. The highest BCUT2D eigenvalue weighted by atomic mass is 16.5. The van der Waals surface area contributed by atoms with Crippen LogP contribution in [0.15, 0.2) is 0 Å². The van der Waals surface area contributed by atoms with Gasteiger partial charge in [-0.1, -0.05) is 0 Å². The Hall–Kier alpha value is -0.120. The Bertz CT molecular complexity index is 139. The van der Waals surface area contributed by atoms with Crippen molar-refractivity contribution in [2.75, 3.05) is 33.0 Å². The van der Waals surface area contributed by atoms with Crippen LogP contribution < -0.4 is 0 Å². The summed E-state index contributed by atoms with van der Waals surface area (Å²) in [7, 11) is 0. The third kappa shape index (κ3) is 3.25. The predicted molar refractivity (Wildman–Crippen MR) is 52.9 cm³/mol. The lowest BCUT2D eigenvalue weighted by atomic mass is 10.2. The van der Waals surface area contributed by atoms with E-state index in [1.54, 1.807) is 0 Å². The van der Waals surface area contributed by atoms with Crippen molar-refractivity contribution in [3.8, 4) is 0 Å². The van der Waals surface area contributed by atoms with Gasteiger partial charge in [-0.05, 0) is 20.8 Å². The molecule has 78 valence electrons. The first-order chi connectivity index (χ1) is 6.25. The van der Waals surface area contributed by atoms with Crippen LogP contribution in [0, 0.1) is 0 Å². The SMILES string of the molecule is CCOCC1COCCN1C(C)C. The highest BCUT2D eigenvalue weighted by Gasteiger charge is 2.24. The van der Waals surface area contributed by atoms with Crippen molar-refractivity contribution < 1.29 is 9.47 Å². The average molecular weight is 187 g/mol. The van der Waals surface area contributed by atoms with Gasteiger partial charge in [-0.3, -0.25) is 4.90 Å². The van der Waals surface area contributed by atoms with E-state index in [4.69, 9.17) is 9.47 Å². The molecule has 1 heterocycles. The van der Waals surface area contributed by atoms with Crippen molar-refractivity contribution in [1.82, 2.24) is 4.90 Å². The van der Waals surface area contributed by atoms with E-state index in [1.807, 2.05) is 6.92 Å². The Balaban J connectivity index is 2.37. The molecular weight excluding hydrogens is 166 g/mol. The Morgan fingerprint density at radius 2 is 2.31 bits per heavy atom. The van der Waals surface area contributed by atoms with E-state index in [0.29, 0.717) is 12.1 Å². The summed E-state index contributed by atoms with van der Waals surface area (Å²) in [5.41, 5.74) is 0. The molecule has 0 saturated carbocycles. The molecule has 0 aliphatic carbocycles. The maximum atomic E-state index is 5.44. The quantitative estimate of drug-likeness (QED) is 0.658. The molecule has 0 aromatic carbocycles. The third-order valence-electron chi connectivity index (χ3n) is 2.45. The second kappa shape index (κ2) is 5.58. The van der Waals surface area contributed by atoms with E-state index >= 15 is 0 Å². The molecule has 1 atom stereocenters. The molecule has 3 heteroatoms. The van der Waals surface area contributed by atoms with E-state index in [9.17, 15) is 0 Å². The summed E-state index contributed by atoms with van der Waals surface area (Å²) >= 11 is 0. The zero-order chi connectivity index (χ0) is 9.68. The second-order valence-electron chi connectivity index (χ2n) is 3.72. The van der Waals surface area contributed by atoms with Crippen LogP contribution in [0.5, 0.6) is 0 Å². The minimum Gasteiger partial charge on any atom is -0.380 e. The molecule has 0 N–H and O–H groups in total. The molecule has 0 aromatic heterocycles. The van der Waals surface area contributed by atoms with Crippen molar-refractivity contribution in [3.63, 3.8) is 0 Å². The van der Waals surface area contributed by atoms with Gasteiger partial charge in [0.05, 0.1) is 25.9 Å². The van der Waals surface area contributed by atoms with Crippen molar-refractivity contribution in [3.05, 3.63) is 0 Å². The minimum absolute atomic E-state index is 0.452. The molecule has 1 aliphatic heterocycles. The molecule has 3 nitrogen and oxygen atoms in total. The van der Waals surface area contributed by atoms with Crippen molar-refractivity contribution in [1.29, 1.82) is 0 Å². The summed E-state index contributed by atoms with van der Waals surface area (Å²) in [6.45, 7) is 10.8. The van der Waals surface area contributed by atoms with Crippen molar-refractivity contribution >= 4 is 0 Å². The second-order valence-corrected chi connectivity index (χ2v) is 3.72. The number of morpholine rings is 1. The summed E-state index contributed by atoms with van der Waals surface area (Å²) in [5.74, 6) is 0. The van der Waals surface area contributed by atoms with Gasteiger partial charge in [-0.15, -0.1) is 0 Å². The van der Waals surface area contributed by atoms with Gasteiger partial charge < -0.3 is 9.47 Å². The Labute approximate surface area is 81.0 Å². The molecule has 0 bridgehead atoms. The van der Waals surface area contributed by atoms with Gasteiger partial charge in [0.15, 0.2) is 0 Å². The van der Waals surface area contributed by atoms with Crippen LogP contribution in [0.4, 0.5) is 0 Å². The molecule has 13 heavy (non-hydrogen) atoms. The van der Waals surface area contributed by atoms with Crippen LogP contribution in [0.2, 0.25) is 0 Å². The van der Waals surface area contributed by atoms with E-state index in [0.717, 1.165) is 33.0 Å². The molecule has 0 amide bonds. The molecule has 1 unspecified atom stereocenters. The zero-order valence-electron chi connectivity index (χ0n) is 8.95. The fourth-order valence-corrected chi connectivity index (χ4v) is 1.75. The monoisotopic (exact) mass is 187 g/mol. The van der Waals surface area contributed by atoms with E-state index in [2.05, 4.69) is 18.7 Å². The molecule has 0 spiro atoms. The summed E-state index contributed by atoms with van der Waals surface area (Å²) < 4.78 is 10.9. The maximum Gasteiger partial charge on any atom is 0.0645 e. The summed E-state index contributed by atoms with van der Waals surface area (Å²) in [4.78, 5) is 2.46. The molecule has 1 fully saturated rings. The van der Waals surface area contributed by atoms with Gasteiger partial charge in [0.1, 0.15) is 0 Å². The first-order valence-corrected chi connectivity index (χ1v) is 5.17. The molecule has 1 rings (SSSR count). The predicted octanol–water partition coefficient (Wildman–Crippen LogP) is 1.13. The lowest BCUT2D eigenvalue weighted by Crippen LogP contribution is -2.51. The molecule has 1 aliphatic rings. The van der Waals surface area contributed by atoms with Gasteiger partial charge in [-0.2, -0.15) is 0 Å². The van der Waals surface area contributed by atoms with Gasteiger partial charge in [-0.25, -0.2) is 0 Å². The smallest absolute Gasteiger partial charge is 0.0645 e. The summed E-state index contributed by atoms with van der Waals surface area (Å²) in [6, 6.07) is 1.04. The minimum atomic E-state index is 0.452. The zero-order valence-corrected chi connectivity index (χ0v) is 8.95. The fraction of sp³-hybridized carbons (Fsp3) is 1.00. The number of hydrogen-bond acceptors (Lipinski definition) is 3. The maximum absolute atomic E-state index is 5.44. The van der Waals surface area contributed by atoms with Gasteiger partial charge in [0.2, 0.25) is 0 Å². The Morgan fingerprint density at radius 1 is 1.54 bits per heavy atom. The van der Waals surface area contributed by atoms with Crippen molar-refractivity contribution in [2.45, 2.75) is 32.9 Å². The van der Waals surface area contributed by atoms with Crippen LogP contribution in [0.1, 0.15) is 20.8 Å². The van der Waals surface area contributed by atoms with Crippen LogP contribution in [-0.2, 0) is 9.47 Å². The first kappa shape index (κ1) is 11.0. The first-order valence-electron chi connectivity index (χ1n) is 5.17. The van der Waals surface area contributed by atoms with Crippen LogP contribution in [-0.4, -0.2) is 50.0 Å². The summed E-state index contributed by atoms with van der Waals surface area (Å²) in [6.07, 6.45) is 0. The van der Waals surface area contributed by atoms with Crippen molar-refractivity contribution in [2.24, 2.45) is 0 Å². The highest BCUT2D eigenvalue weighted by molar-refractivity contribution is 4.77. The Morgan fingerprint density at radius 3 is 2.92 bits per heavy atom. The number of ether oxygens (including phenoxy) is 2. The molecule has 1 saturated heterocycles. The van der Waals surface area contributed by atoms with Crippen LogP contribution in [0.25, 0.3) is 0 Å². The molecule has 0 aromatic rings. The number of hydrogen-bond donors (Lipinski definition) is 0. The van der Waals surface area contributed by atoms with Gasteiger partial charge in [0.25, 0.3) is 0 Å². The van der Waals surface area contributed by atoms with E-state index in [1.165, 1.54) is 0 Å². The van der Waals surface area contributed by atoms with Gasteiger partial charge in [0, 0.05) is 19.2 Å². The van der Waals surface area contributed by atoms with E-state index < -0.39 is 0 Å². The molecular formula is C10H21NO2. The van der Waals surface area contributed by atoms with Gasteiger partial charge >= 0.3 is 0 Å². The largest absolute Gasteiger partial charge is 0.380 e. The number of rotatable bonds is 4. The van der Waals surface area contributed by atoms with Crippen LogP contribution in [0.3, 0.4) is 0 Å². The lowest BCUT2D eigenvalue weighted by molar-refractivity contribution is -0.0534. The topological polar surface area (TPSA) is 21.7 Å². The normalized spacial score (nSPS) is 25.4. The molecule has 0 radical (unpaired) electrons. The lowest BCUT2D eigenvalue weighted by Gasteiger charge is -2.38. The summed E-state index contributed by atoms with van der Waals surface area (Å²) in [5, 5.41) is 0. The average Bonchev–Trinajstić information content (AvgIpc) is 2.15. The van der Waals surface area contributed by atoms with E-state index in [-0.39, 0.29) is 0 Å².